The van der Waals surface area contributed by atoms with Crippen LogP contribution in [0.3, 0.4) is 0 Å². The first kappa shape index (κ1) is 15.0. The van der Waals surface area contributed by atoms with Crippen LogP contribution in [-0.4, -0.2) is 42.2 Å². The van der Waals surface area contributed by atoms with Gasteiger partial charge in [0.05, 0.1) is 16.0 Å². The lowest BCUT2D eigenvalue weighted by Crippen LogP contribution is -2.41. The number of ketones is 1. The summed E-state index contributed by atoms with van der Waals surface area (Å²) >= 11 is 1.59. The lowest BCUT2D eigenvalue weighted by Gasteiger charge is -2.32. The molecule has 0 unspecified atom stereocenters. The van der Waals surface area contributed by atoms with E-state index in [1.165, 1.54) is 0 Å². The Bertz CT molecular complexity index is 532. The highest BCUT2D eigenvalue weighted by Gasteiger charge is 2.52. The van der Waals surface area contributed by atoms with Crippen molar-refractivity contribution in [1.82, 2.24) is 4.98 Å². The average molecular weight is 308 g/mol. The minimum absolute atomic E-state index is 0.334. The molecule has 0 aliphatic carbocycles. The van der Waals surface area contributed by atoms with E-state index in [-0.39, 0.29) is 18.3 Å². The summed E-state index contributed by atoms with van der Waals surface area (Å²) in [7, 11) is -0.354. The summed E-state index contributed by atoms with van der Waals surface area (Å²) in [6, 6.07) is 0. The zero-order chi connectivity index (χ0) is 15.3. The van der Waals surface area contributed by atoms with E-state index in [2.05, 4.69) is 9.88 Å². The molecule has 2 saturated heterocycles. The second kappa shape index (κ2) is 5.07. The lowest BCUT2D eigenvalue weighted by atomic mass is 9.89. The fraction of sp³-hybridized carbons (Fsp3) is 0.714. The summed E-state index contributed by atoms with van der Waals surface area (Å²) in [5.74, 6) is 0.342. The van der Waals surface area contributed by atoms with Gasteiger partial charge in [0.25, 0.3) is 0 Å². The Morgan fingerprint density at radius 2 is 1.76 bits per heavy atom. The van der Waals surface area contributed by atoms with E-state index >= 15 is 0 Å². The quantitative estimate of drug-likeness (QED) is 0.777. The molecule has 0 aromatic carbocycles. The van der Waals surface area contributed by atoms with Gasteiger partial charge in [-0.25, -0.2) is 4.98 Å². The van der Waals surface area contributed by atoms with Crippen molar-refractivity contribution in [3.8, 4) is 0 Å². The molecule has 0 bridgehead atoms. The summed E-state index contributed by atoms with van der Waals surface area (Å²) in [4.78, 5) is 18.0. The highest BCUT2D eigenvalue weighted by molar-refractivity contribution is 7.25. The SMILES string of the molecule is CC1(C)OB(c2cnc(N3CCC(=O)CC3)s2)OC1(C)C. The molecule has 3 rings (SSSR count). The molecule has 1 aromatic rings. The molecule has 114 valence electrons. The van der Waals surface area contributed by atoms with Crippen LogP contribution in [0.15, 0.2) is 6.20 Å². The molecule has 2 fully saturated rings. The van der Waals surface area contributed by atoms with E-state index in [0.29, 0.717) is 18.6 Å². The second-order valence-corrected chi connectivity index (χ2v) is 7.70. The zero-order valence-electron chi connectivity index (χ0n) is 13.0. The Balaban J connectivity index is 1.73. The fourth-order valence-corrected chi connectivity index (χ4v) is 3.36. The Kier molecular flexibility index (Phi) is 3.62. The first-order valence-corrected chi connectivity index (χ1v) is 8.18. The molecule has 0 N–H and O–H groups in total. The Hall–Kier alpha value is -0.915. The van der Waals surface area contributed by atoms with Gasteiger partial charge >= 0.3 is 7.12 Å². The summed E-state index contributed by atoms with van der Waals surface area (Å²) < 4.78 is 13.1. The molecule has 5 nitrogen and oxygen atoms in total. The van der Waals surface area contributed by atoms with E-state index in [9.17, 15) is 4.79 Å². The predicted molar refractivity (Wildman–Crippen MR) is 84.3 cm³/mol. The summed E-state index contributed by atoms with van der Waals surface area (Å²) in [6.07, 6.45) is 3.06. The third-order valence-electron chi connectivity index (χ3n) is 4.59. The van der Waals surface area contributed by atoms with E-state index in [4.69, 9.17) is 9.31 Å². The van der Waals surface area contributed by atoms with Gasteiger partial charge in [0.1, 0.15) is 5.78 Å². The van der Waals surface area contributed by atoms with E-state index < -0.39 is 0 Å². The summed E-state index contributed by atoms with van der Waals surface area (Å²) in [5, 5.41) is 0.951. The molecule has 1 aromatic heterocycles. The number of nitrogens with zero attached hydrogens (tertiary/aromatic N) is 2. The molecule has 2 aliphatic rings. The van der Waals surface area contributed by atoms with Gasteiger partial charge < -0.3 is 14.2 Å². The van der Waals surface area contributed by atoms with Crippen LogP contribution in [0.2, 0.25) is 0 Å². The van der Waals surface area contributed by atoms with Crippen molar-refractivity contribution in [1.29, 1.82) is 0 Å². The van der Waals surface area contributed by atoms with Crippen LogP contribution in [0.25, 0.3) is 0 Å². The van der Waals surface area contributed by atoms with Crippen molar-refractivity contribution in [3.63, 3.8) is 0 Å². The number of carbonyl (C=O) groups is 1. The van der Waals surface area contributed by atoms with Gasteiger partial charge in [-0.15, -0.1) is 11.3 Å². The summed E-state index contributed by atoms with van der Waals surface area (Å²) in [5.41, 5.74) is -0.668. The summed E-state index contributed by atoms with van der Waals surface area (Å²) in [6.45, 7) is 9.71. The molecular formula is C14H21BN2O3S. The fourth-order valence-electron chi connectivity index (χ4n) is 2.44. The van der Waals surface area contributed by atoms with Crippen LogP contribution in [0, 0.1) is 0 Å². The molecule has 0 saturated carbocycles. The Labute approximate surface area is 129 Å². The molecule has 21 heavy (non-hydrogen) atoms. The molecule has 2 aliphatic heterocycles. The van der Waals surface area contributed by atoms with Gasteiger partial charge in [-0.05, 0) is 27.7 Å². The van der Waals surface area contributed by atoms with Crippen LogP contribution >= 0.6 is 11.3 Å². The van der Waals surface area contributed by atoms with Crippen molar-refractivity contribution in [2.75, 3.05) is 18.0 Å². The molecule has 0 amide bonds. The van der Waals surface area contributed by atoms with Crippen molar-refractivity contribution in [3.05, 3.63) is 6.20 Å². The van der Waals surface area contributed by atoms with Gasteiger partial charge in [-0.3, -0.25) is 4.79 Å². The van der Waals surface area contributed by atoms with Gasteiger partial charge in [0.2, 0.25) is 0 Å². The van der Waals surface area contributed by atoms with Crippen LogP contribution in [-0.2, 0) is 14.1 Å². The number of Topliss-reactive ketones (excluding diaryl/α,β-unsaturated/α-hetero) is 1. The molecule has 0 spiro atoms. The van der Waals surface area contributed by atoms with Crippen LogP contribution < -0.4 is 9.68 Å². The normalized spacial score (nSPS) is 24.7. The number of carbonyl (C=O) groups excluding carboxylic acids is 1. The average Bonchev–Trinajstić information content (AvgIpc) is 2.94. The first-order chi connectivity index (χ1) is 9.78. The largest absolute Gasteiger partial charge is 0.507 e. The Morgan fingerprint density at radius 1 is 1.19 bits per heavy atom. The van der Waals surface area contributed by atoms with Gasteiger partial charge in [0.15, 0.2) is 5.13 Å². The number of piperidine rings is 1. The first-order valence-electron chi connectivity index (χ1n) is 7.36. The van der Waals surface area contributed by atoms with Crippen molar-refractivity contribution in [2.45, 2.75) is 51.7 Å². The number of rotatable bonds is 2. The van der Waals surface area contributed by atoms with Crippen LogP contribution in [0.5, 0.6) is 0 Å². The zero-order valence-corrected chi connectivity index (χ0v) is 13.8. The molecular weight excluding hydrogens is 287 g/mol. The highest BCUT2D eigenvalue weighted by Crippen LogP contribution is 2.37. The minimum Gasteiger partial charge on any atom is -0.399 e. The van der Waals surface area contributed by atoms with Crippen molar-refractivity contribution in [2.24, 2.45) is 0 Å². The molecule has 0 atom stereocenters. The van der Waals surface area contributed by atoms with E-state index in [1.807, 2.05) is 33.9 Å². The van der Waals surface area contributed by atoms with Crippen LogP contribution in [0.4, 0.5) is 5.13 Å². The standard InChI is InChI=1S/C14H21BN2O3S/c1-13(2)14(3,4)20-15(19-13)11-9-16-12(21-11)17-7-5-10(18)6-8-17/h9H,5-8H2,1-4H3. The smallest absolute Gasteiger partial charge is 0.399 e. The lowest BCUT2D eigenvalue weighted by molar-refractivity contribution is -0.119. The number of aromatic nitrogens is 1. The third-order valence-corrected chi connectivity index (χ3v) is 5.67. The van der Waals surface area contributed by atoms with Gasteiger partial charge in [-0.1, -0.05) is 0 Å². The van der Waals surface area contributed by atoms with Crippen LogP contribution in [0.1, 0.15) is 40.5 Å². The molecule has 0 radical (unpaired) electrons. The second-order valence-electron chi connectivity index (χ2n) is 6.66. The topological polar surface area (TPSA) is 51.7 Å². The van der Waals surface area contributed by atoms with Crippen molar-refractivity contribution < 1.29 is 14.1 Å². The number of anilines is 1. The molecule has 7 heteroatoms. The maximum atomic E-state index is 11.3. The van der Waals surface area contributed by atoms with E-state index in [1.54, 1.807) is 11.3 Å². The van der Waals surface area contributed by atoms with Gasteiger partial charge in [0, 0.05) is 32.1 Å². The number of hydrogen-bond donors (Lipinski definition) is 0. The maximum Gasteiger partial charge on any atom is 0.507 e. The van der Waals surface area contributed by atoms with Gasteiger partial charge in [-0.2, -0.15) is 0 Å². The minimum atomic E-state index is -0.354. The van der Waals surface area contributed by atoms with E-state index in [0.717, 1.165) is 23.0 Å². The number of thiazole rings is 1. The Morgan fingerprint density at radius 3 is 2.33 bits per heavy atom. The third kappa shape index (κ3) is 2.74. The van der Waals surface area contributed by atoms with Crippen molar-refractivity contribution >= 4 is 34.1 Å². The number of hydrogen-bond acceptors (Lipinski definition) is 6. The maximum absolute atomic E-state index is 11.3. The highest BCUT2D eigenvalue weighted by atomic mass is 32.1. The monoisotopic (exact) mass is 308 g/mol. The molecule has 3 heterocycles. The predicted octanol–water partition coefficient (Wildman–Crippen LogP) is 1.61.